The number of carbonyl (C=O) groups is 2. The highest BCUT2D eigenvalue weighted by Crippen LogP contribution is 2.32. The van der Waals surface area contributed by atoms with Gasteiger partial charge in [0.2, 0.25) is 21.8 Å². The standard InChI is InChI=1S/C30H35Cl2N5O4S/c1-35(30(39)20-37(19-29(33)38)23-13-14-25(31)26(32)17-23)28(18-36-15-5-6-16-36)22-11-9-21(10-12-22)24-7-3-4-8-27(24)34-42(2,40)41/h3-4,7-14,17,28,34H,5-6,15-16,18-20H2,1-2H3,(H2,33,38)/t28-/m0/s1. The molecule has 0 aromatic heterocycles. The first kappa shape index (κ1) is 31.6. The summed E-state index contributed by atoms with van der Waals surface area (Å²) in [5.74, 6) is -0.773. The van der Waals surface area contributed by atoms with E-state index in [0.717, 1.165) is 48.9 Å². The highest BCUT2D eigenvalue weighted by atomic mass is 35.5. The number of nitrogens with one attached hydrogen (secondary N) is 1. The fourth-order valence-corrected chi connectivity index (χ4v) is 6.00. The molecule has 0 aliphatic carbocycles. The average molecular weight is 633 g/mol. The van der Waals surface area contributed by atoms with Crippen molar-refractivity contribution < 1.29 is 18.0 Å². The van der Waals surface area contributed by atoms with Gasteiger partial charge in [0.15, 0.2) is 0 Å². The molecule has 9 nitrogen and oxygen atoms in total. The van der Waals surface area contributed by atoms with Crippen LogP contribution in [0.5, 0.6) is 0 Å². The molecular weight excluding hydrogens is 597 g/mol. The topological polar surface area (TPSA) is 116 Å². The number of primary amides is 1. The fraction of sp³-hybridized carbons (Fsp3) is 0.333. The second kappa shape index (κ2) is 13.8. The molecule has 1 aliphatic rings. The number of hydrogen-bond donors (Lipinski definition) is 2. The Morgan fingerprint density at radius 1 is 0.976 bits per heavy atom. The third-order valence-corrected chi connectivity index (χ3v) is 8.59. The molecule has 1 fully saturated rings. The molecule has 0 saturated carbocycles. The first-order chi connectivity index (χ1) is 19.9. The second-order valence-electron chi connectivity index (χ2n) is 10.5. The van der Waals surface area contributed by atoms with Crippen molar-refractivity contribution in [2.24, 2.45) is 5.73 Å². The van der Waals surface area contributed by atoms with Gasteiger partial charge in [0.05, 0.1) is 41.1 Å². The molecule has 2 amide bonds. The van der Waals surface area contributed by atoms with Crippen LogP contribution in [-0.2, 0) is 19.6 Å². The van der Waals surface area contributed by atoms with Gasteiger partial charge in [-0.1, -0.05) is 65.7 Å². The van der Waals surface area contributed by atoms with E-state index in [0.29, 0.717) is 28.0 Å². The largest absolute Gasteiger partial charge is 0.368 e. The number of sulfonamides is 1. The molecule has 3 aromatic rings. The second-order valence-corrected chi connectivity index (χ2v) is 13.1. The smallest absolute Gasteiger partial charge is 0.242 e. The number of likely N-dealkylation sites (tertiary alicyclic amines) is 1. The molecule has 1 aliphatic heterocycles. The van der Waals surface area contributed by atoms with Crippen LogP contribution in [0, 0.1) is 0 Å². The Balaban J connectivity index is 1.60. The molecule has 224 valence electrons. The molecule has 4 rings (SSSR count). The molecule has 0 bridgehead atoms. The summed E-state index contributed by atoms with van der Waals surface area (Å²) in [6.07, 6.45) is 3.34. The normalized spacial score (nSPS) is 14.4. The van der Waals surface area contributed by atoms with Crippen molar-refractivity contribution in [3.8, 4) is 11.1 Å². The van der Waals surface area contributed by atoms with Gasteiger partial charge in [0, 0.05) is 24.8 Å². The maximum atomic E-state index is 13.7. The van der Waals surface area contributed by atoms with E-state index in [9.17, 15) is 18.0 Å². The van der Waals surface area contributed by atoms with Crippen molar-refractivity contribution in [1.29, 1.82) is 0 Å². The van der Waals surface area contributed by atoms with Gasteiger partial charge in [-0.05, 0) is 61.3 Å². The lowest BCUT2D eigenvalue weighted by atomic mass is 9.98. The van der Waals surface area contributed by atoms with Crippen molar-refractivity contribution in [2.45, 2.75) is 18.9 Å². The maximum absolute atomic E-state index is 13.7. The molecule has 1 atom stereocenters. The summed E-state index contributed by atoms with van der Waals surface area (Å²) in [4.78, 5) is 31.2. The fourth-order valence-electron chi connectivity index (χ4n) is 5.13. The van der Waals surface area contributed by atoms with E-state index in [1.54, 1.807) is 47.2 Å². The lowest BCUT2D eigenvalue weighted by Gasteiger charge is -2.34. The number of carbonyl (C=O) groups excluding carboxylic acids is 2. The van der Waals surface area contributed by atoms with Crippen molar-refractivity contribution >= 4 is 56.4 Å². The highest BCUT2D eigenvalue weighted by Gasteiger charge is 2.27. The van der Waals surface area contributed by atoms with Crippen LogP contribution in [0.25, 0.3) is 11.1 Å². The Kier molecular flexibility index (Phi) is 10.4. The number of halogens is 2. The summed E-state index contributed by atoms with van der Waals surface area (Å²) in [6.45, 7) is 2.31. The van der Waals surface area contributed by atoms with Crippen molar-refractivity contribution in [1.82, 2.24) is 9.80 Å². The minimum absolute atomic E-state index is 0.0868. The first-order valence-corrected chi connectivity index (χ1v) is 16.2. The summed E-state index contributed by atoms with van der Waals surface area (Å²) in [5, 5.41) is 0.677. The monoisotopic (exact) mass is 631 g/mol. The zero-order chi connectivity index (χ0) is 30.4. The predicted octanol–water partition coefficient (Wildman–Crippen LogP) is 4.62. The zero-order valence-corrected chi connectivity index (χ0v) is 25.9. The Bertz CT molecular complexity index is 1530. The van der Waals surface area contributed by atoms with Crippen LogP contribution in [0.2, 0.25) is 10.0 Å². The minimum Gasteiger partial charge on any atom is -0.368 e. The highest BCUT2D eigenvalue weighted by molar-refractivity contribution is 7.92. The molecule has 0 spiro atoms. The van der Waals surface area contributed by atoms with Gasteiger partial charge >= 0.3 is 0 Å². The Labute approximate surface area is 257 Å². The maximum Gasteiger partial charge on any atom is 0.242 e. The molecule has 3 N–H and O–H groups in total. The van der Waals surface area contributed by atoms with E-state index in [2.05, 4.69) is 9.62 Å². The van der Waals surface area contributed by atoms with E-state index in [4.69, 9.17) is 28.9 Å². The minimum atomic E-state index is -3.45. The van der Waals surface area contributed by atoms with E-state index < -0.39 is 15.9 Å². The summed E-state index contributed by atoms with van der Waals surface area (Å²) in [5.41, 5.74) is 9.09. The summed E-state index contributed by atoms with van der Waals surface area (Å²) < 4.78 is 26.4. The van der Waals surface area contributed by atoms with Crippen molar-refractivity contribution in [3.63, 3.8) is 0 Å². The van der Waals surface area contributed by atoms with E-state index >= 15 is 0 Å². The van der Waals surface area contributed by atoms with Crippen LogP contribution in [0.1, 0.15) is 24.4 Å². The third-order valence-electron chi connectivity index (χ3n) is 7.26. The van der Waals surface area contributed by atoms with E-state index in [-0.39, 0.29) is 25.0 Å². The molecular formula is C30H35Cl2N5O4S. The van der Waals surface area contributed by atoms with Crippen LogP contribution < -0.4 is 15.4 Å². The van der Waals surface area contributed by atoms with Crippen LogP contribution in [0.15, 0.2) is 66.7 Å². The molecule has 1 heterocycles. The predicted molar refractivity (Wildman–Crippen MR) is 169 cm³/mol. The van der Waals surface area contributed by atoms with Gasteiger partial charge in [0.25, 0.3) is 0 Å². The molecule has 0 unspecified atom stereocenters. The number of nitrogens with two attached hydrogens (primary N) is 1. The Hall–Kier alpha value is -3.31. The molecule has 12 heteroatoms. The third kappa shape index (κ3) is 8.38. The van der Waals surface area contributed by atoms with Gasteiger partial charge in [-0.3, -0.25) is 14.3 Å². The van der Waals surface area contributed by atoms with Gasteiger partial charge in [0.1, 0.15) is 0 Å². The van der Waals surface area contributed by atoms with Crippen molar-refractivity contribution in [3.05, 3.63) is 82.3 Å². The molecule has 42 heavy (non-hydrogen) atoms. The van der Waals surface area contributed by atoms with E-state index in [1.165, 1.54) is 0 Å². The number of benzene rings is 3. The molecule has 3 aromatic carbocycles. The number of hydrogen-bond acceptors (Lipinski definition) is 6. The van der Waals surface area contributed by atoms with Crippen LogP contribution >= 0.6 is 23.2 Å². The molecule has 0 radical (unpaired) electrons. The van der Waals surface area contributed by atoms with Gasteiger partial charge in [-0.25, -0.2) is 8.42 Å². The van der Waals surface area contributed by atoms with Gasteiger partial charge in [-0.2, -0.15) is 0 Å². The Morgan fingerprint density at radius 3 is 2.26 bits per heavy atom. The average Bonchev–Trinajstić information content (AvgIpc) is 3.45. The lowest BCUT2D eigenvalue weighted by molar-refractivity contribution is -0.131. The summed E-state index contributed by atoms with van der Waals surface area (Å²) >= 11 is 12.3. The number of rotatable bonds is 12. The van der Waals surface area contributed by atoms with Crippen molar-refractivity contribution in [2.75, 3.05) is 55.6 Å². The van der Waals surface area contributed by atoms with E-state index in [1.807, 2.05) is 36.4 Å². The van der Waals surface area contributed by atoms with Crippen LogP contribution in [0.3, 0.4) is 0 Å². The SMILES string of the molecule is CN(C(=O)CN(CC(N)=O)c1ccc(Cl)c(Cl)c1)[C@@H](CN1CCCC1)c1ccc(-c2ccccc2NS(C)(=O)=O)cc1. The van der Waals surface area contributed by atoms with Crippen LogP contribution in [0.4, 0.5) is 11.4 Å². The summed E-state index contributed by atoms with van der Waals surface area (Å²) in [6, 6.07) is 19.7. The summed E-state index contributed by atoms with van der Waals surface area (Å²) in [7, 11) is -1.69. The quantitative estimate of drug-likeness (QED) is 0.301. The van der Waals surface area contributed by atoms with Gasteiger partial charge < -0.3 is 20.4 Å². The van der Waals surface area contributed by atoms with Gasteiger partial charge in [-0.15, -0.1) is 0 Å². The number of likely N-dealkylation sites (N-methyl/N-ethyl adjacent to an activating group) is 1. The zero-order valence-electron chi connectivity index (χ0n) is 23.6. The lowest BCUT2D eigenvalue weighted by Crippen LogP contribution is -2.45. The number of anilines is 2. The Morgan fingerprint density at radius 2 is 1.64 bits per heavy atom. The number of nitrogens with zero attached hydrogens (tertiary/aromatic N) is 3. The molecule has 1 saturated heterocycles. The first-order valence-electron chi connectivity index (χ1n) is 13.5. The number of para-hydroxylation sites is 1. The van der Waals surface area contributed by atoms with Crippen LogP contribution in [-0.4, -0.2) is 76.1 Å². The number of amides is 2.